The van der Waals surface area contributed by atoms with Crippen LogP contribution in [-0.2, 0) is 4.74 Å². The van der Waals surface area contributed by atoms with Gasteiger partial charge in [0.05, 0.1) is 10.7 Å². The molecule has 0 unspecified atom stereocenters. The highest BCUT2D eigenvalue weighted by molar-refractivity contribution is 6.33. The summed E-state index contributed by atoms with van der Waals surface area (Å²) in [5.41, 5.74) is 8.45. The molecule has 3 nitrogen and oxygen atoms in total. The molecule has 1 aromatic carbocycles. The van der Waals surface area contributed by atoms with Crippen molar-refractivity contribution in [1.29, 1.82) is 0 Å². The molecule has 4 heteroatoms. The van der Waals surface area contributed by atoms with E-state index in [1.54, 1.807) is 7.11 Å². The smallest absolute Gasteiger partial charge is 0.0656 e. The number of ether oxygens (including phenoxy) is 1. The van der Waals surface area contributed by atoms with Gasteiger partial charge in [-0.25, -0.2) is 0 Å². The van der Waals surface area contributed by atoms with Crippen molar-refractivity contribution >= 4 is 23.0 Å². The van der Waals surface area contributed by atoms with Crippen LogP contribution < -0.4 is 11.1 Å². The van der Waals surface area contributed by atoms with Gasteiger partial charge in [-0.2, -0.15) is 0 Å². The molecule has 15 heavy (non-hydrogen) atoms. The molecule has 0 bridgehead atoms. The van der Waals surface area contributed by atoms with Gasteiger partial charge in [-0.3, -0.25) is 0 Å². The summed E-state index contributed by atoms with van der Waals surface area (Å²) in [6.45, 7) is 3.63. The van der Waals surface area contributed by atoms with Gasteiger partial charge in [-0.05, 0) is 31.0 Å². The topological polar surface area (TPSA) is 47.3 Å². The normalized spacial score (nSPS) is 10.3. The second-order valence-corrected chi connectivity index (χ2v) is 3.87. The number of nitrogens with two attached hydrogens (primary N) is 1. The van der Waals surface area contributed by atoms with E-state index in [-0.39, 0.29) is 0 Å². The Labute approximate surface area is 95.6 Å². The Morgan fingerprint density at radius 2 is 2.20 bits per heavy atom. The van der Waals surface area contributed by atoms with Gasteiger partial charge in [0.1, 0.15) is 0 Å². The minimum Gasteiger partial charge on any atom is -0.398 e. The van der Waals surface area contributed by atoms with Crippen LogP contribution in [0.1, 0.15) is 12.0 Å². The Morgan fingerprint density at radius 3 is 2.87 bits per heavy atom. The lowest BCUT2D eigenvalue weighted by atomic mass is 10.2. The van der Waals surface area contributed by atoms with Crippen LogP contribution in [0.3, 0.4) is 0 Å². The number of benzene rings is 1. The molecule has 0 heterocycles. The summed E-state index contributed by atoms with van der Waals surface area (Å²) < 4.78 is 4.97. The Hall–Kier alpha value is -0.930. The fraction of sp³-hybridized carbons (Fsp3) is 0.455. The molecule has 0 spiro atoms. The third kappa shape index (κ3) is 3.61. The SMILES string of the molecule is COCCCNc1cc(Cl)c(N)cc1C. The predicted molar refractivity (Wildman–Crippen MR) is 65.6 cm³/mol. The van der Waals surface area contributed by atoms with Crippen molar-refractivity contribution in [2.45, 2.75) is 13.3 Å². The molecule has 0 aromatic heterocycles. The summed E-state index contributed by atoms with van der Waals surface area (Å²) in [7, 11) is 1.70. The Bertz CT molecular complexity index is 329. The number of anilines is 2. The third-order valence-corrected chi connectivity index (χ3v) is 2.51. The van der Waals surface area contributed by atoms with Crippen LogP contribution in [0.15, 0.2) is 12.1 Å². The molecule has 1 aromatic rings. The van der Waals surface area contributed by atoms with E-state index in [2.05, 4.69) is 5.32 Å². The fourth-order valence-corrected chi connectivity index (χ4v) is 1.50. The third-order valence-electron chi connectivity index (χ3n) is 2.18. The quantitative estimate of drug-likeness (QED) is 0.602. The first-order valence-corrected chi connectivity index (χ1v) is 5.31. The molecule has 0 aliphatic heterocycles. The van der Waals surface area contributed by atoms with Crippen LogP contribution in [0.2, 0.25) is 5.02 Å². The van der Waals surface area contributed by atoms with E-state index in [0.717, 1.165) is 30.8 Å². The molecule has 0 saturated carbocycles. The molecule has 0 aliphatic rings. The van der Waals surface area contributed by atoms with Crippen molar-refractivity contribution in [2.75, 3.05) is 31.3 Å². The van der Waals surface area contributed by atoms with Crippen molar-refractivity contribution in [3.8, 4) is 0 Å². The lowest BCUT2D eigenvalue weighted by molar-refractivity contribution is 0.198. The van der Waals surface area contributed by atoms with E-state index >= 15 is 0 Å². The molecule has 0 aliphatic carbocycles. The Morgan fingerprint density at radius 1 is 1.47 bits per heavy atom. The van der Waals surface area contributed by atoms with Crippen molar-refractivity contribution in [3.05, 3.63) is 22.7 Å². The van der Waals surface area contributed by atoms with E-state index in [0.29, 0.717) is 10.7 Å². The highest BCUT2D eigenvalue weighted by atomic mass is 35.5. The van der Waals surface area contributed by atoms with Crippen molar-refractivity contribution in [1.82, 2.24) is 0 Å². The number of hydrogen-bond acceptors (Lipinski definition) is 3. The summed E-state index contributed by atoms with van der Waals surface area (Å²) in [6.07, 6.45) is 0.970. The summed E-state index contributed by atoms with van der Waals surface area (Å²) >= 11 is 5.94. The molecular weight excluding hydrogens is 212 g/mol. The maximum absolute atomic E-state index is 5.94. The maximum Gasteiger partial charge on any atom is 0.0656 e. The second-order valence-electron chi connectivity index (χ2n) is 3.46. The standard InChI is InChI=1S/C11H17ClN2O/c1-8-6-10(13)9(12)7-11(8)14-4-3-5-15-2/h6-7,14H,3-5,13H2,1-2H3. The van der Waals surface area contributed by atoms with Gasteiger partial charge in [0.25, 0.3) is 0 Å². The van der Waals surface area contributed by atoms with Gasteiger partial charge < -0.3 is 15.8 Å². The van der Waals surface area contributed by atoms with Crippen molar-refractivity contribution in [2.24, 2.45) is 0 Å². The molecule has 0 radical (unpaired) electrons. The lowest BCUT2D eigenvalue weighted by Gasteiger charge is -2.11. The van der Waals surface area contributed by atoms with Gasteiger partial charge in [0.2, 0.25) is 0 Å². The molecule has 0 atom stereocenters. The molecule has 3 N–H and O–H groups in total. The molecule has 0 amide bonds. The van der Waals surface area contributed by atoms with Crippen molar-refractivity contribution < 1.29 is 4.74 Å². The van der Waals surface area contributed by atoms with E-state index in [1.165, 1.54) is 0 Å². The predicted octanol–water partition coefficient (Wildman–Crippen LogP) is 2.68. The number of nitrogen functional groups attached to an aromatic ring is 1. The zero-order valence-corrected chi connectivity index (χ0v) is 9.90. The summed E-state index contributed by atoms with van der Waals surface area (Å²) in [6, 6.07) is 3.74. The average Bonchev–Trinajstić information content (AvgIpc) is 2.20. The van der Waals surface area contributed by atoms with E-state index < -0.39 is 0 Å². The molecule has 1 rings (SSSR count). The second kappa shape index (κ2) is 5.83. The summed E-state index contributed by atoms with van der Waals surface area (Å²) in [5.74, 6) is 0. The van der Waals surface area contributed by atoms with Crippen LogP contribution in [0, 0.1) is 6.92 Å². The van der Waals surface area contributed by atoms with Gasteiger partial charge >= 0.3 is 0 Å². The van der Waals surface area contributed by atoms with Crippen LogP contribution in [0.5, 0.6) is 0 Å². The average molecular weight is 229 g/mol. The van der Waals surface area contributed by atoms with Gasteiger partial charge in [0.15, 0.2) is 0 Å². The maximum atomic E-state index is 5.94. The molecule has 84 valence electrons. The van der Waals surface area contributed by atoms with Crippen LogP contribution in [0.4, 0.5) is 11.4 Å². The highest BCUT2D eigenvalue weighted by Crippen LogP contribution is 2.26. The Balaban J connectivity index is 2.57. The van der Waals surface area contributed by atoms with E-state index in [4.69, 9.17) is 22.1 Å². The first-order valence-electron chi connectivity index (χ1n) is 4.93. The zero-order chi connectivity index (χ0) is 11.3. The van der Waals surface area contributed by atoms with E-state index in [9.17, 15) is 0 Å². The fourth-order valence-electron chi connectivity index (χ4n) is 1.33. The lowest BCUT2D eigenvalue weighted by Crippen LogP contribution is -2.06. The van der Waals surface area contributed by atoms with Crippen molar-refractivity contribution in [3.63, 3.8) is 0 Å². The minimum absolute atomic E-state index is 0.592. The number of rotatable bonds is 5. The van der Waals surface area contributed by atoms with E-state index in [1.807, 2.05) is 19.1 Å². The first kappa shape index (κ1) is 12.1. The molecular formula is C11H17ClN2O. The van der Waals surface area contributed by atoms with Gasteiger partial charge in [0, 0.05) is 25.9 Å². The van der Waals surface area contributed by atoms with Gasteiger partial charge in [-0.1, -0.05) is 11.6 Å². The highest BCUT2D eigenvalue weighted by Gasteiger charge is 2.02. The van der Waals surface area contributed by atoms with Crippen LogP contribution in [-0.4, -0.2) is 20.3 Å². The van der Waals surface area contributed by atoms with Crippen LogP contribution in [0.25, 0.3) is 0 Å². The number of aryl methyl sites for hydroxylation is 1. The number of methoxy groups -OCH3 is 1. The minimum atomic E-state index is 0.592. The largest absolute Gasteiger partial charge is 0.398 e. The van der Waals surface area contributed by atoms with Gasteiger partial charge in [-0.15, -0.1) is 0 Å². The summed E-state index contributed by atoms with van der Waals surface area (Å²) in [5, 5.41) is 3.89. The monoisotopic (exact) mass is 228 g/mol. The van der Waals surface area contributed by atoms with Crippen LogP contribution >= 0.6 is 11.6 Å². The number of halogens is 1. The zero-order valence-electron chi connectivity index (χ0n) is 9.14. The molecule has 0 saturated heterocycles. The number of nitrogens with one attached hydrogen (secondary N) is 1. The number of hydrogen-bond donors (Lipinski definition) is 2. The first-order chi connectivity index (χ1) is 7.15. The molecule has 0 fully saturated rings. The Kier molecular flexibility index (Phi) is 4.72. The summed E-state index contributed by atoms with van der Waals surface area (Å²) in [4.78, 5) is 0.